The second kappa shape index (κ2) is 5.44. The normalized spacial score (nSPS) is 11.3. The van der Waals surface area contributed by atoms with Crippen molar-refractivity contribution in [2.45, 2.75) is 6.92 Å². The summed E-state index contributed by atoms with van der Waals surface area (Å²) in [5.74, 6) is -0.461. The fourth-order valence-electron chi connectivity index (χ4n) is 1.29. The van der Waals surface area contributed by atoms with E-state index in [-0.39, 0.29) is 11.3 Å². The van der Waals surface area contributed by atoms with Crippen molar-refractivity contribution >= 4 is 28.1 Å². The van der Waals surface area contributed by atoms with Gasteiger partial charge in [-0.05, 0) is 13.0 Å². The Morgan fingerprint density at radius 2 is 2.32 bits per heavy atom. The average molecular weight is 278 g/mol. The fraction of sp³-hybridized carbons (Fsp3) is 0.0909. The monoisotopic (exact) mass is 278 g/mol. The maximum absolute atomic E-state index is 11.8. The summed E-state index contributed by atoms with van der Waals surface area (Å²) in [6, 6.07) is 4.30. The molecule has 0 saturated carbocycles. The zero-order chi connectivity index (χ0) is 13.8. The third-order valence-electron chi connectivity index (χ3n) is 2.26. The van der Waals surface area contributed by atoms with Gasteiger partial charge >= 0.3 is 0 Å². The summed E-state index contributed by atoms with van der Waals surface area (Å²) >= 11 is 1.19. The molecule has 0 saturated heterocycles. The Hall–Kier alpha value is -2.48. The third kappa shape index (κ3) is 3.05. The maximum atomic E-state index is 11.8. The van der Waals surface area contributed by atoms with Gasteiger partial charge < -0.3 is 10.2 Å². The molecule has 2 heterocycles. The zero-order valence-electron chi connectivity index (χ0n) is 9.88. The Morgan fingerprint density at radius 1 is 1.53 bits per heavy atom. The number of nitrogens with zero attached hydrogens (tertiary/aromatic N) is 2. The first-order chi connectivity index (χ1) is 9.10. The highest BCUT2D eigenvalue weighted by Gasteiger charge is 2.10. The first kappa shape index (κ1) is 13.0. The lowest BCUT2D eigenvalue weighted by molar-refractivity contribution is 0.102. The van der Waals surface area contributed by atoms with Gasteiger partial charge in [0.15, 0.2) is 5.13 Å². The van der Waals surface area contributed by atoms with E-state index in [1.807, 2.05) is 0 Å². The van der Waals surface area contributed by atoms with Crippen LogP contribution in [0.1, 0.15) is 23.1 Å². The number of carbonyl (C=O) groups excluding carboxylic acids is 1. The molecule has 7 nitrogen and oxygen atoms in total. The Morgan fingerprint density at radius 3 is 3.00 bits per heavy atom. The van der Waals surface area contributed by atoms with E-state index in [4.69, 9.17) is 5.21 Å². The van der Waals surface area contributed by atoms with Crippen LogP contribution < -0.4 is 10.9 Å². The van der Waals surface area contributed by atoms with Crippen molar-refractivity contribution in [2.24, 2.45) is 5.16 Å². The van der Waals surface area contributed by atoms with Crippen LogP contribution in [0.3, 0.4) is 0 Å². The molecule has 0 aliphatic rings. The minimum atomic E-state index is -0.461. The molecule has 2 aromatic rings. The minimum absolute atomic E-state index is 0.150. The molecule has 1 amide bonds. The van der Waals surface area contributed by atoms with E-state index < -0.39 is 5.91 Å². The summed E-state index contributed by atoms with van der Waals surface area (Å²) in [5, 5.41) is 16.2. The average Bonchev–Trinajstić information content (AvgIpc) is 2.86. The molecule has 0 radical (unpaired) electrons. The Kier molecular flexibility index (Phi) is 3.71. The number of thiazole rings is 1. The highest BCUT2D eigenvalue weighted by molar-refractivity contribution is 7.14. The van der Waals surface area contributed by atoms with Crippen LogP contribution in [0.15, 0.2) is 33.5 Å². The Labute approximate surface area is 111 Å². The van der Waals surface area contributed by atoms with Gasteiger partial charge in [0.05, 0.1) is 0 Å². The van der Waals surface area contributed by atoms with Gasteiger partial charge in [0, 0.05) is 11.4 Å². The van der Waals surface area contributed by atoms with Crippen LogP contribution >= 0.6 is 11.3 Å². The predicted octanol–water partition coefficient (Wildman–Crippen LogP) is 1.28. The summed E-state index contributed by atoms with van der Waals surface area (Å²) in [5.41, 5.74) is 0.627. The molecule has 19 heavy (non-hydrogen) atoms. The summed E-state index contributed by atoms with van der Waals surface area (Å²) in [7, 11) is 0. The largest absolute Gasteiger partial charge is 0.411 e. The van der Waals surface area contributed by atoms with E-state index in [0.717, 1.165) is 0 Å². The van der Waals surface area contributed by atoms with Crippen molar-refractivity contribution in [3.05, 3.63) is 45.3 Å². The van der Waals surface area contributed by atoms with Gasteiger partial charge in [-0.15, -0.1) is 11.3 Å². The molecule has 2 rings (SSSR count). The van der Waals surface area contributed by atoms with Crippen molar-refractivity contribution in [1.82, 2.24) is 9.97 Å². The van der Waals surface area contributed by atoms with Crippen LogP contribution in [-0.2, 0) is 0 Å². The quantitative estimate of drug-likeness (QED) is 0.446. The lowest BCUT2D eigenvalue weighted by Gasteiger charge is -2.00. The number of amides is 1. The van der Waals surface area contributed by atoms with Crippen LogP contribution in [0.2, 0.25) is 0 Å². The molecule has 0 aliphatic carbocycles. The molecule has 98 valence electrons. The molecule has 2 aromatic heterocycles. The second-order valence-corrected chi connectivity index (χ2v) is 4.46. The number of anilines is 1. The van der Waals surface area contributed by atoms with Crippen molar-refractivity contribution in [1.29, 1.82) is 0 Å². The molecule has 0 spiro atoms. The van der Waals surface area contributed by atoms with E-state index >= 15 is 0 Å². The van der Waals surface area contributed by atoms with E-state index in [2.05, 4.69) is 20.4 Å². The summed E-state index contributed by atoms with van der Waals surface area (Å²) in [6.45, 7) is 1.59. The number of hydrogen-bond acceptors (Lipinski definition) is 6. The molecule has 0 aliphatic heterocycles. The SMILES string of the molecule is C/C(=N/O)c1csc(NC(=O)c2cccc(=O)[nH]2)n1. The molecule has 0 aromatic carbocycles. The second-order valence-electron chi connectivity index (χ2n) is 3.61. The van der Waals surface area contributed by atoms with Gasteiger partial charge in [-0.1, -0.05) is 11.2 Å². The number of aromatic amines is 1. The van der Waals surface area contributed by atoms with Crippen LogP contribution in [0.5, 0.6) is 0 Å². The van der Waals surface area contributed by atoms with E-state index in [1.165, 1.54) is 29.5 Å². The van der Waals surface area contributed by atoms with Gasteiger partial charge in [-0.25, -0.2) is 4.98 Å². The summed E-state index contributed by atoms with van der Waals surface area (Å²) in [4.78, 5) is 29.4. The van der Waals surface area contributed by atoms with Gasteiger partial charge in [0.2, 0.25) is 5.56 Å². The minimum Gasteiger partial charge on any atom is -0.411 e. The molecule has 0 atom stereocenters. The van der Waals surface area contributed by atoms with E-state index in [0.29, 0.717) is 16.5 Å². The van der Waals surface area contributed by atoms with Crippen molar-refractivity contribution in [3.63, 3.8) is 0 Å². The number of hydrogen-bond donors (Lipinski definition) is 3. The number of nitrogens with one attached hydrogen (secondary N) is 2. The van der Waals surface area contributed by atoms with E-state index in [1.54, 1.807) is 12.3 Å². The van der Waals surface area contributed by atoms with Crippen LogP contribution in [-0.4, -0.2) is 26.8 Å². The van der Waals surface area contributed by atoms with Gasteiger partial charge in [-0.2, -0.15) is 0 Å². The van der Waals surface area contributed by atoms with Crippen LogP contribution in [0.4, 0.5) is 5.13 Å². The van der Waals surface area contributed by atoms with Crippen LogP contribution in [0, 0.1) is 0 Å². The van der Waals surface area contributed by atoms with E-state index in [9.17, 15) is 9.59 Å². The lowest BCUT2D eigenvalue weighted by atomic mass is 10.3. The number of rotatable bonds is 3. The molecule has 3 N–H and O–H groups in total. The van der Waals surface area contributed by atoms with Gasteiger partial charge in [-0.3, -0.25) is 14.9 Å². The zero-order valence-corrected chi connectivity index (χ0v) is 10.7. The molecular weight excluding hydrogens is 268 g/mol. The van der Waals surface area contributed by atoms with Gasteiger partial charge in [0.1, 0.15) is 17.1 Å². The Bertz CT molecular complexity index is 689. The van der Waals surface area contributed by atoms with Crippen LogP contribution in [0.25, 0.3) is 0 Å². The van der Waals surface area contributed by atoms with Gasteiger partial charge in [0.25, 0.3) is 5.91 Å². The number of oxime groups is 1. The standard InChI is InChI=1S/C11H10N4O3S/c1-6(15-18)8-5-19-11(13-8)14-10(17)7-3-2-4-9(16)12-7/h2-5,18H,1H3,(H,12,16)(H,13,14,17)/b15-6-. The number of H-pyrrole nitrogens is 1. The highest BCUT2D eigenvalue weighted by Crippen LogP contribution is 2.16. The first-order valence-electron chi connectivity index (χ1n) is 5.25. The maximum Gasteiger partial charge on any atom is 0.273 e. The number of carbonyl (C=O) groups is 1. The van der Waals surface area contributed by atoms with Crippen molar-refractivity contribution < 1.29 is 10.0 Å². The lowest BCUT2D eigenvalue weighted by Crippen LogP contribution is -2.17. The smallest absolute Gasteiger partial charge is 0.273 e. The third-order valence-corrected chi connectivity index (χ3v) is 3.02. The number of aromatic nitrogens is 2. The molecule has 0 bridgehead atoms. The molecule has 8 heteroatoms. The first-order valence-corrected chi connectivity index (χ1v) is 6.13. The number of pyridine rings is 1. The van der Waals surface area contributed by atoms with Crippen molar-refractivity contribution in [3.8, 4) is 0 Å². The fourth-order valence-corrected chi connectivity index (χ4v) is 2.04. The summed E-state index contributed by atoms with van der Waals surface area (Å²) < 4.78 is 0. The molecule has 0 fully saturated rings. The molecular formula is C11H10N4O3S. The summed E-state index contributed by atoms with van der Waals surface area (Å²) in [6.07, 6.45) is 0. The highest BCUT2D eigenvalue weighted by atomic mass is 32.1. The van der Waals surface area contributed by atoms with Crippen molar-refractivity contribution in [2.75, 3.05) is 5.32 Å². The predicted molar refractivity (Wildman–Crippen MR) is 71.1 cm³/mol. The molecule has 0 unspecified atom stereocenters. The Balaban J connectivity index is 2.15. The topological polar surface area (TPSA) is 107 Å².